The molecule has 2 aromatic heterocycles. The van der Waals surface area contributed by atoms with Gasteiger partial charge >= 0.3 is 0 Å². The molecular weight excluding hydrogens is 340 g/mol. The molecule has 1 aliphatic rings. The smallest absolute Gasteiger partial charge is 0.269 e. The number of nitrogens with one attached hydrogen (secondary N) is 1. The first-order valence-electron chi connectivity index (χ1n) is 9.46. The van der Waals surface area contributed by atoms with Crippen molar-refractivity contribution in [2.75, 3.05) is 19.8 Å². The van der Waals surface area contributed by atoms with Crippen LogP contribution >= 0.6 is 0 Å². The minimum atomic E-state index is -0.147. The quantitative estimate of drug-likeness (QED) is 0.755. The summed E-state index contributed by atoms with van der Waals surface area (Å²) in [7, 11) is 0. The highest BCUT2D eigenvalue weighted by Crippen LogP contribution is 2.26. The highest BCUT2D eigenvalue weighted by Gasteiger charge is 2.21. The molecule has 0 radical (unpaired) electrons. The van der Waals surface area contributed by atoms with Crippen molar-refractivity contribution in [3.8, 4) is 0 Å². The molecule has 3 aromatic rings. The number of carbonyl (C=O) groups excluding carboxylic acids is 1. The Labute approximate surface area is 158 Å². The monoisotopic (exact) mass is 364 g/mol. The lowest BCUT2D eigenvalue weighted by Gasteiger charge is -2.23. The van der Waals surface area contributed by atoms with E-state index >= 15 is 0 Å². The largest absolute Gasteiger partial charge is 0.381 e. The third-order valence-corrected chi connectivity index (χ3v) is 5.12. The third kappa shape index (κ3) is 3.85. The van der Waals surface area contributed by atoms with E-state index in [4.69, 9.17) is 4.74 Å². The molecule has 27 heavy (non-hydrogen) atoms. The first-order valence-corrected chi connectivity index (χ1v) is 9.46. The van der Waals surface area contributed by atoms with Gasteiger partial charge in [-0.05, 0) is 31.9 Å². The van der Waals surface area contributed by atoms with Gasteiger partial charge in [-0.15, -0.1) is 0 Å². The summed E-state index contributed by atoms with van der Waals surface area (Å²) >= 11 is 0. The summed E-state index contributed by atoms with van der Waals surface area (Å²) in [5.41, 5.74) is 2.40. The number of aromatic nitrogens is 3. The number of rotatable bonds is 5. The second-order valence-corrected chi connectivity index (χ2v) is 6.94. The summed E-state index contributed by atoms with van der Waals surface area (Å²) in [5.74, 6) is 1.39. The maximum atomic E-state index is 12.5. The number of hydrogen-bond acceptors (Lipinski definition) is 4. The van der Waals surface area contributed by atoms with Gasteiger partial charge in [-0.2, -0.15) is 0 Å². The molecule has 1 aliphatic heterocycles. The highest BCUT2D eigenvalue weighted by atomic mass is 16.5. The van der Waals surface area contributed by atoms with E-state index in [0.717, 1.165) is 48.5 Å². The van der Waals surface area contributed by atoms with Crippen LogP contribution in [0, 0.1) is 6.92 Å². The molecule has 4 rings (SSSR count). The predicted molar refractivity (Wildman–Crippen MR) is 104 cm³/mol. The lowest BCUT2D eigenvalue weighted by Crippen LogP contribution is -2.29. The van der Waals surface area contributed by atoms with Crippen LogP contribution in [0.5, 0.6) is 0 Å². The molecule has 1 aromatic carbocycles. The van der Waals surface area contributed by atoms with Gasteiger partial charge in [0.15, 0.2) is 0 Å². The number of benzene rings is 1. The van der Waals surface area contributed by atoms with Gasteiger partial charge in [0.05, 0.1) is 5.52 Å². The van der Waals surface area contributed by atoms with E-state index in [1.165, 1.54) is 0 Å². The van der Waals surface area contributed by atoms with Crippen molar-refractivity contribution in [3.63, 3.8) is 0 Å². The number of fused-ring (bicyclic) bond motifs is 1. The van der Waals surface area contributed by atoms with Crippen molar-refractivity contribution in [2.24, 2.45) is 0 Å². The Balaban J connectivity index is 1.40. The van der Waals surface area contributed by atoms with Crippen LogP contribution in [-0.2, 0) is 11.3 Å². The Morgan fingerprint density at radius 2 is 2.04 bits per heavy atom. The molecule has 1 N–H and O–H groups in total. The van der Waals surface area contributed by atoms with Crippen LogP contribution in [0.3, 0.4) is 0 Å². The van der Waals surface area contributed by atoms with E-state index in [1.54, 1.807) is 6.07 Å². The predicted octanol–water partition coefficient (Wildman–Crippen LogP) is 3.06. The Bertz CT molecular complexity index is 944. The fraction of sp³-hybridized carbons (Fsp3) is 0.381. The molecule has 6 nitrogen and oxygen atoms in total. The van der Waals surface area contributed by atoms with Crippen LogP contribution in [0.1, 0.15) is 40.8 Å². The van der Waals surface area contributed by atoms with Gasteiger partial charge in [-0.25, -0.2) is 9.97 Å². The molecule has 6 heteroatoms. The van der Waals surface area contributed by atoms with Gasteiger partial charge < -0.3 is 14.6 Å². The molecule has 0 unspecified atom stereocenters. The topological polar surface area (TPSA) is 69.0 Å². The minimum absolute atomic E-state index is 0.147. The number of carbonyl (C=O) groups is 1. The molecule has 0 atom stereocenters. The summed E-state index contributed by atoms with van der Waals surface area (Å²) in [6.07, 6.45) is 3.92. The van der Waals surface area contributed by atoms with Crippen molar-refractivity contribution >= 4 is 16.8 Å². The standard InChI is InChI=1S/C21H24N4O2/c1-15-14-23-20(17-8-12-27-13-9-17)25(15)11-10-22-21(26)19-7-6-16-4-2-3-5-18(16)24-19/h2-7,14,17H,8-13H2,1H3,(H,22,26). The van der Waals surface area contributed by atoms with E-state index in [-0.39, 0.29) is 5.91 Å². The van der Waals surface area contributed by atoms with Crippen molar-refractivity contribution in [1.82, 2.24) is 19.9 Å². The molecule has 0 aliphatic carbocycles. The molecule has 1 amide bonds. The second kappa shape index (κ2) is 7.88. The lowest BCUT2D eigenvalue weighted by molar-refractivity contribution is 0.0827. The molecule has 140 valence electrons. The Kier molecular flexibility index (Phi) is 5.16. The fourth-order valence-electron chi connectivity index (χ4n) is 3.62. The summed E-state index contributed by atoms with van der Waals surface area (Å²) in [4.78, 5) is 21.5. The van der Waals surface area contributed by atoms with Gasteiger partial charge in [0, 0.05) is 49.5 Å². The molecule has 0 spiro atoms. The van der Waals surface area contributed by atoms with Crippen molar-refractivity contribution in [2.45, 2.75) is 32.2 Å². The van der Waals surface area contributed by atoms with E-state index in [0.29, 0.717) is 24.7 Å². The van der Waals surface area contributed by atoms with Crippen LogP contribution < -0.4 is 5.32 Å². The van der Waals surface area contributed by atoms with Crippen LogP contribution in [0.2, 0.25) is 0 Å². The van der Waals surface area contributed by atoms with Crippen LogP contribution in [0.4, 0.5) is 0 Å². The normalized spacial score (nSPS) is 15.1. The number of ether oxygens (including phenoxy) is 1. The summed E-state index contributed by atoms with van der Waals surface area (Å²) < 4.78 is 7.67. The highest BCUT2D eigenvalue weighted by molar-refractivity contribution is 5.94. The number of nitrogens with zero attached hydrogens (tertiary/aromatic N) is 3. The van der Waals surface area contributed by atoms with Crippen molar-refractivity contribution < 1.29 is 9.53 Å². The first-order chi connectivity index (χ1) is 13.2. The summed E-state index contributed by atoms with van der Waals surface area (Å²) in [6.45, 7) is 4.89. The summed E-state index contributed by atoms with van der Waals surface area (Å²) in [5, 5.41) is 4.02. The number of pyridine rings is 1. The number of para-hydroxylation sites is 1. The number of hydrogen-bond donors (Lipinski definition) is 1. The Hall–Kier alpha value is -2.73. The first kappa shape index (κ1) is 17.7. The fourth-order valence-corrected chi connectivity index (χ4v) is 3.62. The van der Waals surface area contributed by atoms with E-state index in [9.17, 15) is 4.79 Å². The zero-order valence-corrected chi connectivity index (χ0v) is 15.5. The molecular formula is C21H24N4O2. The minimum Gasteiger partial charge on any atom is -0.381 e. The molecule has 1 fully saturated rings. The SMILES string of the molecule is Cc1cnc(C2CCOCC2)n1CCNC(=O)c1ccc2ccccc2n1. The van der Waals surface area contributed by atoms with E-state index in [1.807, 2.05) is 36.5 Å². The second-order valence-electron chi connectivity index (χ2n) is 6.94. The molecule has 0 bridgehead atoms. The van der Waals surface area contributed by atoms with Gasteiger partial charge in [-0.1, -0.05) is 24.3 Å². The maximum Gasteiger partial charge on any atom is 0.269 e. The number of aryl methyl sites for hydroxylation is 1. The van der Waals surface area contributed by atoms with E-state index in [2.05, 4.69) is 26.8 Å². The van der Waals surface area contributed by atoms with Gasteiger partial charge in [0.1, 0.15) is 11.5 Å². The Morgan fingerprint density at radius 1 is 1.22 bits per heavy atom. The molecule has 1 saturated heterocycles. The van der Waals surface area contributed by atoms with Crippen LogP contribution in [0.15, 0.2) is 42.6 Å². The average molecular weight is 364 g/mol. The molecule has 3 heterocycles. The van der Waals surface area contributed by atoms with Crippen LogP contribution in [0.25, 0.3) is 10.9 Å². The number of imidazole rings is 1. The van der Waals surface area contributed by atoms with Gasteiger partial charge in [-0.3, -0.25) is 4.79 Å². The van der Waals surface area contributed by atoms with Gasteiger partial charge in [0.25, 0.3) is 5.91 Å². The van der Waals surface area contributed by atoms with Crippen LogP contribution in [-0.4, -0.2) is 40.2 Å². The number of amides is 1. The average Bonchev–Trinajstić information content (AvgIpc) is 3.08. The third-order valence-electron chi connectivity index (χ3n) is 5.12. The maximum absolute atomic E-state index is 12.5. The summed E-state index contributed by atoms with van der Waals surface area (Å²) in [6, 6.07) is 11.5. The molecule has 0 saturated carbocycles. The Morgan fingerprint density at radius 3 is 2.89 bits per heavy atom. The van der Waals surface area contributed by atoms with Crippen molar-refractivity contribution in [3.05, 3.63) is 59.8 Å². The van der Waals surface area contributed by atoms with Crippen molar-refractivity contribution in [1.29, 1.82) is 0 Å². The lowest BCUT2D eigenvalue weighted by atomic mass is 9.99. The zero-order chi connectivity index (χ0) is 18.6. The zero-order valence-electron chi connectivity index (χ0n) is 15.5. The van der Waals surface area contributed by atoms with Gasteiger partial charge in [0.2, 0.25) is 0 Å². The van der Waals surface area contributed by atoms with E-state index < -0.39 is 0 Å².